The summed E-state index contributed by atoms with van der Waals surface area (Å²) in [6.07, 6.45) is 0.769. The second-order valence-electron chi connectivity index (χ2n) is 7.52. The van der Waals surface area contributed by atoms with Crippen LogP contribution in [0.3, 0.4) is 0 Å². The van der Waals surface area contributed by atoms with E-state index < -0.39 is 15.5 Å². The molecule has 0 amide bonds. The predicted molar refractivity (Wildman–Crippen MR) is 118 cm³/mol. The highest BCUT2D eigenvalue weighted by molar-refractivity contribution is 14.0. The van der Waals surface area contributed by atoms with Crippen LogP contribution < -0.4 is 10.6 Å². The number of hydrogen-bond donors (Lipinski definition) is 2. The minimum Gasteiger partial charge on any atom is -0.356 e. The lowest BCUT2D eigenvalue weighted by atomic mass is 9.98. The molecule has 1 atom stereocenters. The van der Waals surface area contributed by atoms with Gasteiger partial charge in [0.15, 0.2) is 5.96 Å². The first-order chi connectivity index (χ1) is 13.0. The standard InChI is InChI=1S/C16H31F3N6O2S.HI/c1-20-15(22-11-14-12-23(2)8-9-24(14)3)21-10-13-4-6-25(7-5-13)28(26,27)16(17,18)19;/h13-14H,4-12H2,1-3H3,(H2,20,21,22);1H. The molecule has 8 nitrogen and oxygen atoms in total. The van der Waals surface area contributed by atoms with Crippen LogP contribution in [0.2, 0.25) is 0 Å². The number of halogens is 4. The monoisotopic (exact) mass is 556 g/mol. The average molecular weight is 556 g/mol. The van der Waals surface area contributed by atoms with Crippen molar-refractivity contribution in [3.05, 3.63) is 0 Å². The Bertz CT molecular complexity index is 641. The van der Waals surface area contributed by atoms with Gasteiger partial charge in [-0.25, -0.2) is 8.42 Å². The van der Waals surface area contributed by atoms with Crippen molar-refractivity contribution in [1.29, 1.82) is 0 Å². The van der Waals surface area contributed by atoms with Crippen molar-refractivity contribution in [3.8, 4) is 0 Å². The summed E-state index contributed by atoms with van der Waals surface area (Å²) in [6.45, 7) is 4.07. The van der Waals surface area contributed by atoms with Crippen LogP contribution in [0, 0.1) is 5.92 Å². The van der Waals surface area contributed by atoms with Gasteiger partial charge < -0.3 is 15.5 Å². The lowest BCUT2D eigenvalue weighted by Crippen LogP contribution is -2.55. The van der Waals surface area contributed by atoms with Crippen LogP contribution in [0.4, 0.5) is 13.2 Å². The fourth-order valence-electron chi connectivity index (χ4n) is 3.50. The maximum Gasteiger partial charge on any atom is 0.511 e. The highest BCUT2D eigenvalue weighted by Gasteiger charge is 2.50. The van der Waals surface area contributed by atoms with Crippen molar-refractivity contribution in [2.24, 2.45) is 10.9 Å². The number of piperidine rings is 1. The molecule has 2 aliphatic heterocycles. The van der Waals surface area contributed by atoms with Gasteiger partial charge in [0.1, 0.15) is 0 Å². The normalized spacial score (nSPS) is 24.2. The lowest BCUT2D eigenvalue weighted by molar-refractivity contribution is -0.0496. The zero-order valence-electron chi connectivity index (χ0n) is 17.1. The van der Waals surface area contributed by atoms with E-state index in [2.05, 4.69) is 39.5 Å². The van der Waals surface area contributed by atoms with E-state index in [9.17, 15) is 21.6 Å². The molecule has 172 valence electrons. The number of guanidine groups is 1. The zero-order valence-corrected chi connectivity index (χ0v) is 20.2. The fourth-order valence-corrected chi connectivity index (χ4v) is 4.48. The zero-order chi connectivity index (χ0) is 20.9. The Hall–Kier alpha value is -0.380. The minimum atomic E-state index is -5.23. The Kier molecular flexibility index (Phi) is 10.4. The van der Waals surface area contributed by atoms with Crippen molar-refractivity contribution in [1.82, 2.24) is 24.7 Å². The molecule has 0 aliphatic carbocycles. The first kappa shape index (κ1) is 26.7. The number of hydrogen-bond acceptors (Lipinski definition) is 5. The average Bonchev–Trinajstić information content (AvgIpc) is 2.64. The van der Waals surface area contributed by atoms with Crippen molar-refractivity contribution in [3.63, 3.8) is 0 Å². The number of likely N-dealkylation sites (N-methyl/N-ethyl adjacent to an activating group) is 2. The van der Waals surface area contributed by atoms with Crippen LogP contribution in [-0.2, 0) is 10.0 Å². The van der Waals surface area contributed by atoms with Crippen LogP contribution in [-0.4, -0.2) is 107 Å². The summed E-state index contributed by atoms with van der Waals surface area (Å²) in [5, 5.41) is 6.50. The topological polar surface area (TPSA) is 80.3 Å². The van der Waals surface area contributed by atoms with Gasteiger partial charge in [0.2, 0.25) is 0 Å². The van der Waals surface area contributed by atoms with E-state index in [-0.39, 0.29) is 43.0 Å². The molecule has 0 spiro atoms. The van der Waals surface area contributed by atoms with Gasteiger partial charge in [-0.15, -0.1) is 24.0 Å². The maximum atomic E-state index is 12.6. The second-order valence-corrected chi connectivity index (χ2v) is 9.45. The van der Waals surface area contributed by atoms with Crippen LogP contribution in [0.5, 0.6) is 0 Å². The Morgan fingerprint density at radius 1 is 1.07 bits per heavy atom. The molecule has 0 aromatic carbocycles. The third kappa shape index (κ3) is 7.36. The summed E-state index contributed by atoms with van der Waals surface area (Å²) in [5.41, 5.74) is -5.23. The van der Waals surface area contributed by atoms with Gasteiger partial charge in [-0.2, -0.15) is 17.5 Å². The van der Waals surface area contributed by atoms with Crippen molar-refractivity contribution < 1.29 is 21.6 Å². The molecule has 0 saturated carbocycles. The van der Waals surface area contributed by atoms with Gasteiger partial charge in [0, 0.05) is 58.9 Å². The van der Waals surface area contributed by atoms with Gasteiger partial charge >= 0.3 is 15.5 Å². The Balaban J connectivity index is 0.00000420. The van der Waals surface area contributed by atoms with Crippen LogP contribution in [0.1, 0.15) is 12.8 Å². The molecular formula is C16H32F3IN6O2S. The molecule has 0 bridgehead atoms. The molecule has 0 radical (unpaired) electrons. The van der Waals surface area contributed by atoms with Gasteiger partial charge in [0.25, 0.3) is 0 Å². The SMILES string of the molecule is CN=C(NCC1CCN(S(=O)(=O)C(F)(F)F)CC1)NCC1CN(C)CCN1C.I. The van der Waals surface area contributed by atoms with Crippen LogP contribution >= 0.6 is 24.0 Å². The molecule has 1 unspecified atom stereocenters. The number of rotatable bonds is 5. The van der Waals surface area contributed by atoms with Crippen molar-refractivity contribution in [2.75, 3.05) is 67.0 Å². The molecular weight excluding hydrogens is 524 g/mol. The number of aliphatic imine (C=N–C) groups is 1. The number of piperazine rings is 1. The summed E-state index contributed by atoms with van der Waals surface area (Å²) in [4.78, 5) is 8.78. The molecule has 2 aliphatic rings. The molecule has 2 N–H and O–H groups in total. The molecule has 2 rings (SSSR count). The van der Waals surface area contributed by atoms with E-state index in [4.69, 9.17) is 0 Å². The first-order valence-electron chi connectivity index (χ1n) is 9.44. The Morgan fingerprint density at radius 2 is 1.66 bits per heavy atom. The van der Waals surface area contributed by atoms with E-state index in [1.54, 1.807) is 7.05 Å². The van der Waals surface area contributed by atoms with E-state index in [1.165, 1.54) is 0 Å². The molecule has 2 heterocycles. The van der Waals surface area contributed by atoms with Gasteiger partial charge in [-0.3, -0.25) is 9.89 Å². The van der Waals surface area contributed by atoms with Crippen molar-refractivity contribution >= 4 is 40.0 Å². The summed E-state index contributed by atoms with van der Waals surface area (Å²) < 4.78 is 61.4. The highest BCUT2D eigenvalue weighted by Crippen LogP contribution is 2.30. The van der Waals surface area contributed by atoms with E-state index in [0.29, 0.717) is 35.7 Å². The van der Waals surface area contributed by atoms with Gasteiger partial charge in [-0.05, 0) is 32.9 Å². The number of nitrogens with zero attached hydrogens (tertiary/aromatic N) is 4. The van der Waals surface area contributed by atoms with Crippen LogP contribution in [0.15, 0.2) is 4.99 Å². The fraction of sp³-hybridized carbons (Fsp3) is 0.938. The molecule has 13 heteroatoms. The summed E-state index contributed by atoms with van der Waals surface area (Å²) >= 11 is 0. The third-order valence-corrected chi connectivity index (χ3v) is 7.10. The van der Waals surface area contributed by atoms with E-state index >= 15 is 0 Å². The minimum absolute atomic E-state index is 0. The number of sulfonamides is 1. The lowest BCUT2D eigenvalue weighted by Gasteiger charge is -2.38. The van der Waals surface area contributed by atoms with Gasteiger partial charge in [0.05, 0.1) is 0 Å². The van der Waals surface area contributed by atoms with E-state index in [1.807, 2.05) is 0 Å². The molecule has 2 fully saturated rings. The number of alkyl halides is 3. The highest BCUT2D eigenvalue weighted by atomic mass is 127. The number of nitrogens with one attached hydrogen (secondary N) is 2. The van der Waals surface area contributed by atoms with Crippen LogP contribution in [0.25, 0.3) is 0 Å². The summed E-state index contributed by atoms with van der Waals surface area (Å²) in [7, 11) is 0.641. The van der Waals surface area contributed by atoms with Gasteiger partial charge in [-0.1, -0.05) is 0 Å². The smallest absolute Gasteiger partial charge is 0.356 e. The summed E-state index contributed by atoms with van der Waals surface area (Å²) in [6, 6.07) is 0.369. The second kappa shape index (κ2) is 11.3. The Morgan fingerprint density at radius 3 is 2.21 bits per heavy atom. The Labute approximate surface area is 188 Å². The molecule has 29 heavy (non-hydrogen) atoms. The molecule has 0 aromatic rings. The molecule has 0 aromatic heterocycles. The van der Waals surface area contributed by atoms with E-state index in [0.717, 1.165) is 26.2 Å². The predicted octanol–water partition coefficient (Wildman–Crippen LogP) is 0.577. The quantitative estimate of drug-likeness (QED) is 0.293. The third-order valence-electron chi connectivity index (χ3n) is 5.47. The first-order valence-corrected chi connectivity index (χ1v) is 10.9. The maximum absolute atomic E-state index is 12.6. The van der Waals surface area contributed by atoms with Crippen molar-refractivity contribution in [2.45, 2.75) is 24.4 Å². The largest absolute Gasteiger partial charge is 0.511 e. The summed E-state index contributed by atoms with van der Waals surface area (Å²) in [5.74, 6) is 0.744. The molecule has 2 saturated heterocycles.